The van der Waals surface area contributed by atoms with Gasteiger partial charge in [-0.05, 0) is 24.3 Å². The topological polar surface area (TPSA) is 78.4 Å². The van der Waals surface area contributed by atoms with E-state index in [0.29, 0.717) is 6.42 Å². The van der Waals surface area contributed by atoms with E-state index in [0.717, 1.165) is 11.3 Å². The van der Waals surface area contributed by atoms with Crippen LogP contribution in [0.4, 0.5) is 4.79 Å². The molecular formula is C12H18N2O3S. The van der Waals surface area contributed by atoms with E-state index in [1.165, 1.54) is 0 Å². The van der Waals surface area contributed by atoms with E-state index in [-0.39, 0.29) is 6.04 Å². The monoisotopic (exact) mass is 270 g/mol. The molecule has 6 heteroatoms. The minimum Gasteiger partial charge on any atom is -0.480 e. The van der Waals surface area contributed by atoms with Crippen LogP contribution >= 0.6 is 11.3 Å². The molecule has 0 radical (unpaired) electrons. The van der Waals surface area contributed by atoms with Gasteiger partial charge in [0.05, 0.1) is 6.04 Å². The van der Waals surface area contributed by atoms with E-state index in [9.17, 15) is 9.59 Å². The second-order valence-electron chi connectivity index (χ2n) is 3.89. The molecule has 0 saturated heterocycles. The number of hydrogen-bond acceptors (Lipinski definition) is 3. The second-order valence-corrected chi connectivity index (χ2v) is 4.87. The van der Waals surface area contributed by atoms with Gasteiger partial charge < -0.3 is 15.7 Å². The first-order valence-corrected chi connectivity index (χ1v) is 6.79. The highest BCUT2D eigenvalue weighted by atomic mass is 32.1. The van der Waals surface area contributed by atoms with Crippen LogP contribution in [0.25, 0.3) is 0 Å². The molecule has 0 aliphatic carbocycles. The zero-order valence-corrected chi connectivity index (χ0v) is 11.3. The molecule has 1 aromatic rings. The van der Waals surface area contributed by atoms with Crippen molar-refractivity contribution in [2.45, 2.75) is 38.8 Å². The number of carbonyl (C=O) groups excluding carboxylic acids is 1. The van der Waals surface area contributed by atoms with Crippen molar-refractivity contribution in [3.63, 3.8) is 0 Å². The predicted molar refractivity (Wildman–Crippen MR) is 70.7 cm³/mol. The Morgan fingerprint density at radius 2 is 2.06 bits per heavy atom. The quantitative estimate of drug-likeness (QED) is 0.742. The first-order chi connectivity index (χ1) is 8.58. The molecule has 2 amide bonds. The maximum Gasteiger partial charge on any atom is 0.326 e. The van der Waals surface area contributed by atoms with Gasteiger partial charge in [-0.15, -0.1) is 11.3 Å². The van der Waals surface area contributed by atoms with Gasteiger partial charge in [0.2, 0.25) is 0 Å². The lowest BCUT2D eigenvalue weighted by molar-refractivity contribution is -0.139. The Hall–Kier alpha value is -1.56. The number of carboxylic acids is 1. The van der Waals surface area contributed by atoms with Gasteiger partial charge in [0.15, 0.2) is 0 Å². The fraction of sp³-hybridized carbons (Fsp3) is 0.500. The number of carbonyl (C=O) groups is 2. The number of nitrogens with one attached hydrogen (secondary N) is 2. The van der Waals surface area contributed by atoms with Gasteiger partial charge in [-0.25, -0.2) is 9.59 Å². The van der Waals surface area contributed by atoms with Crippen molar-refractivity contribution >= 4 is 23.3 Å². The van der Waals surface area contributed by atoms with Crippen LogP contribution in [0.2, 0.25) is 0 Å². The lowest BCUT2D eigenvalue weighted by Gasteiger charge is -2.18. The molecule has 1 aromatic heterocycles. The molecule has 5 nitrogen and oxygen atoms in total. The summed E-state index contributed by atoms with van der Waals surface area (Å²) in [5.74, 6) is -1.02. The van der Waals surface area contributed by atoms with E-state index in [2.05, 4.69) is 10.6 Å². The van der Waals surface area contributed by atoms with Crippen molar-refractivity contribution in [1.82, 2.24) is 10.6 Å². The van der Waals surface area contributed by atoms with Crippen molar-refractivity contribution < 1.29 is 14.7 Å². The van der Waals surface area contributed by atoms with Crippen molar-refractivity contribution in [3.8, 4) is 0 Å². The van der Waals surface area contributed by atoms with Crippen molar-refractivity contribution in [2.24, 2.45) is 0 Å². The largest absolute Gasteiger partial charge is 0.480 e. The van der Waals surface area contributed by atoms with Crippen molar-refractivity contribution in [3.05, 3.63) is 22.4 Å². The predicted octanol–water partition coefficient (Wildman–Crippen LogP) is 2.36. The third kappa shape index (κ3) is 4.03. The summed E-state index contributed by atoms with van der Waals surface area (Å²) in [6, 6.07) is 2.52. The van der Waals surface area contributed by atoms with Crippen LogP contribution < -0.4 is 10.6 Å². The summed E-state index contributed by atoms with van der Waals surface area (Å²) in [5.41, 5.74) is 0. The fourth-order valence-electron chi connectivity index (χ4n) is 1.56. The summed E-state index contributed by atoms with van der Waals surface area (Å²) in [6.07, 6.45) is 1.12. The summed E-state index contributed by atoms with van der Waals surface area (Å²) in [7, 11) is 0. The van der Waals surface area contributed by atoms with Crippen LogP contribution in [0.3, 0.4) is 0 Å². The molecule has 0 aromatic carbocycles. The number of hydrogen-bond donors (Lipinski definition) is 3. The normalized spacial score (nSPS) is 13.7. The Balaban J connectivity index is 2.55. The zero-order valence-electron chi connectivity index (χ0n) is 10.5. The third-order valence-corrected chi connectivity index (χ3v) is 3.60. The Morgan fingerprint density at radius 1 is 1.33 bits per heavy atom. The molecule has 100 valence electrons. The average Bonchev–Trinajstić information content (AvgIpc) is 2.86. The Kier molecular flexibility index (Phi) is 5.64. The van der Waals surface area contributed by atoms with Crippen LogP contribution in [0.5, 0.6) is 0 Å². The lowest BCUT2D eigenvalue weighted by atomic mass is 10.2. The van der Waals surface area contributed by atoms with E-state index < -0.39 is 18.0 Å². The minimum absolute atomic E-state index is 0.0729. The van der Waals surface area contributed by atoms with Crippen LogP contribution in [0.1, 0.15) is 37.6 Å². The average molecular weight is 270 g/mol. The van der Waals surface area contributed by atoms with Gasteiger partial charge in [0, 0.05) is 4.88 Å². The molecule has 0 aliphatic heterocycles. The highest BCUT2D eigenvalue weighted by Crippen LogP contribution is 2.21. The maximum atomic E-state index is 11.7. The molecule has 1 rings (SSSR count). The highest BCUT2D eigenvalue weighted by Gasteiger charge is 2.19. The first kappa shape index (κ1) is 14.5. The third-order valence-electron chi connectivity index (χ3n) is 2.61. The Bertz CT molecular complexity index is 392. The van der Waals surface area contributed by atoms with Crippen LogP contribution in [0.15, 0.2) is 17.5 Å². The first-order valence-electron chi connectivity index (χ1n) is 5.91. The number of amides is 2. The molecule has 0 spiro atoms. The number of carboxylic acid groups (broad SMARTS) is 1. The minimum atomic E-state index is -1.02. The summed E-state index contributed by atoms with van der Waals surface area (Å²) in [4.78, 5) is 23.6. The summed E-state index contributed by atoms with van der Waals surface area (Å²) >= 11 is 1.57. The van der Waals surface area contributed by atoms with Gasteiger partial charge in [-0.3, -0.25) is 0 Å². The van der Waals surface area contributed by atoms with Crippen molar-refractivity contribution in [2.75, 3.05) is 0 Å². The molecule has 0 aliphatic rings. The Labute approximate surface area is 110 Å². The van der Waals surface area contributed by atoms with Crippen LogP contribution in [0, 0.1) is 0 Å². The molecule has 2 atom stereocenters. The summed E-state index contributed by atoms with van der Waals surface area (Å²) in [6.45, 7) is 3.69. The van der Waals surface area contributed by atoms with Gasteiger partial charge in [-0.2, -0.15) is 0 Å². The van der Waals surface area contributed by atoms with E-state index in [1.807, 2.05) is 24.4 Å². The van der Waals surface area contributed by atoms with Gasteiger partial charge in [0.1, 0.15) is 6.04 Å². The number of urea groups is 1. The smallest absolute Gasteiger partial charge is 0.326 e. The van der Waals surface area contributed by atoms with Gasteiger partial charge >= 0.3 is 12.0 Å². The fourth-order valence-corrected chi connectivity index (χ4v) is 2.42. The molecule has 0 fully saturated rings. The molecule has 3 N–H and O–H groups in total. The number of aliphatic carboxylic acids is 1. The molecule has 18 heavy (non-hydrogen) atoms. The van der Waals surface area contributed by atoms with E-state index >= 15 is 0 Å². The molecule has 0 bridgehead atoms. The van der Waals surface area contributed by atoms with E-state index in [4.69, 9.17) is 5.11 Å². The molecule has 0 saturated carbocycles. The van der Waals surface area contributed by atoms with E-state index in [1.54, 1.807) is 18.3 Å². The van der Waals surface area contributed by atoms with Crippen LogP contribution in [-0.4, -0.2) is 23.1 Å². The standard InChI is InChI=1S/C12H18N2O3S/c1-3-8(10-6-5-7-18-10)13-12(17)14-9(4-2)11(15)16/h5-9H,3-4H2,1-2H3,(H,15,16)(H2,13,14,17)/t8?,9-/m1/s1. The molecule has 1 heterocycles. The number of rotatable bonds is 6. The van der Waals surface area contributed by atoms with Crippen LogP contribution in [-0.2, 0) is 4.79 Å². The van der Waals surface area contributed by atoms with Gasteiger partial charge in [0.25, 0.3) is 0 Å². The molecular weight excluding hydrogens is 252 g/mol. The highest BCUT2D eigenvalue weighted by molar-refractivity contribution is 7.10. The van der Waals surface area contributed by atoms with Crippen molar-refractivity contribution in [1.29, 1.82) is 0 Å². The molecule has 1 unspecified atom stereocenters. The Morgan fingerprint density at radius 3 is 2.50 bits per heavy atom. The zero-order chi connectivity index (χ0) is 13.5. The SMILES string of the molecule is CCC(NC(=O)N[C@H](CC)C(=O)O)c1cccs1. The second kappa shape index (κ2) is 7.00. The number of thiophene rings is 1. The summed E-state index contributed by atoms with van der Waals surface area (Å²) < 4.78 is 0. The lowest BCUT2D eigenvalue weighted by Crippen LogP contribution is -2.46. The summed E-state index contributed by atoms with van der Waals surface area (Å²) in [5, 5.41) is 16.0. The maximum absolute atomic E-state index is 11.7. The van der Waals surface area contributed by atoms with Gasteiger partial charge in [-0.1, -0.05) is 19.9 Å².